The smallest absolute Gasteiger partial charge is 0.131 e. The van der Waals surface area contributed by atoms with E-state index < -0.39 is 0 Å². The minimum absolute atomic E-state index is 0.770. The van der Waals surface area contributed by atoms with Gasteiger partial charge in [0.1, 0.15) is 5.82 Å². The predicted molar refractivity (Wildman–Crippen MR) is 69.3 cm³/mol. The van der Waals surface area contributed by atoms with Gasteiger partial charge in [0.15, 0.2) is 0 Å². The Labute approximate surface area is 105 Å². The molecule has 2 aromatic rings. The Morgan fingerprint density at radius 2 is 2.27 bits per heavy atom. The number of nitrogens with one attached hydrogen (secondary N) is 1. The van der Waals surface area contributed by atoms with Crippen molar-refractivity contribution < 1.29 is 0 Å². The van der Waals surface area contributed by atoms with Gasteiger partial charge in [-0.1, -0.05) is 11.6 Å². The number of pyridine rings is 1. The highest BCUT2D eigenvalue weighted by molar-refractivity contribution is 9.10. The number of nitrogens with zero attached hydrogens (tertiary/aromatic N) is 1. The van der Waals surface area contributed by atoms with Gasteiger partial charge in [-0.25, -0.2) is 4.98 Å². The molecule has 0 amide bonds. The van der Waals surface area contributed by atoms with Crippen LogP contribution in [0.1, 0.15) is 5.56 Å². The molecule has 0 aliphatic carbocycles. The Hall–Kier alpha value is -0.580. The van der Waals surface area contributed by atoms with Crippen molar-refractivity contribution in [2.45, 2.75) is 6.92 Å². The van der Waals surface area contributed by atoms with Crippen molar-refractivity contribution in [2.24, 2.45) is 0 Å². The molecular weight excluding hydrogens is 296 g/mol. The van der Waals surface area contributed by atoms with E-state index in [2.05, 4.69) is 26.2 Å². The number of aryl methyl sites for hydroxylation is 1. The lowest BCUT2D eigenvalue weighted by atomic mass is 10.3. The minimum Gasteiger partial charge on any atom is -0.332 e. The molecule has 0 aliphatic rings. The topological polar surface area (TPSA) is 24.9 Å². The van der Waals surface area contributed by atoms with Crippen LogP contribution in [-0.4, -0.2) is 4.98 Å². The zero-order valence-corrected chi connectivity index (χ0v) is 11.1. The first-order chi connectivity index (χ1) is 7.15. The summed E-state index contributed by atoms with van der Waals surface area (Å²) in [6.45, 7) is 2.03. The van der Waals surface area contributed by atoms with Crippen LogP contribution in [0.4, 0.5) is 10.8 Å². The molecule has 0 aliphatic heterocycles. The molecule has 1 N–H and O–H groups in total. The maximum Gasteiger partial charge on any atom is 0.131 e. The average Bonchev–Trinajstić information content (AvgIpc) is 2.58. The molecule has 0 saturated heterocycles. The lowest BCUT2D eigenvalue weighted by Gasteiger charge is -2.04. The van der Waals surface area contributed by atoms with Crippen LogP contribution in [0.5, 0.6) is 0 Å². The quantitative estimate of drug-likeness (QED) is 0.876. The van der Waals surface area contributed by atoms with Crippen molar-refractivity contribution in [3.05, 3.63) is 38.8 Å². The summed E-state index contributed by atoms with van der Waals surface area (Å²) in [6, 6.07) is 5.78. The van der Waals surface area contributed by atoms with Gasteiger partial charge >= 0.3 is 0 Å². The van der Waals surface area contributed by atoms with Crippen molar-refractivity contribution >= 4 is 49.7 Å². The molecular formula is C10H8BrClN2S. The standard InChI is InChI=1S/C10H8BrClN2S/c1-6-4-9(13-5-7(6)11)14-10-3-2-8(12)15-10/h2-5H,1H3,(H,13,14). The Kier molecular flexibility index (Phi) is 3.29. The zero-order chi connectivity index (χ0) is 10.8. The molecule has 0 atom stereocenters. The number of anilines is 2. The predicted octanol–water partition coefficient (Wildman–Crippen LogP) is 4.61. The summed E-state index contributed by atoms with van der Waals surface area (Å²) in [5.41, 5.74) is 1.15. The molecule has 0 spiro atoms. The first-order valence-corrected chi connectivity index (χ1v) is 6.28. The van der Waals surface area contributed by atoms with E-state index in [1.807, 2.05) is 25.1 Å². The van der Waals surface area contributed by atoms with Gasteiger partial charge in [0.05, 0.1) is 9.34 Å². The summed E-state index contributed by atoms with van der Waals surface area (Å²) in [5.74, 6) is 0.828. The molecule has 0 fully saturated rings. The molecule has 2 heterocycles. The Morgan fingerprint density at radius 1 is 1.47 bits per heavy atom. The van der Waals surface area contributed by atoms with Gasteiger partial charge in [-0.3, -0.25) is 0 Å². The second-order valence-electron chi connectivity index (χ2n) is 3.05. The van der Waals surface area contributed by atoms with Crippen molar-refractivity contribution in [2.75, 3.05) is 5.32 Å². The fourth-order valence-electron chi connectivity index (χ4n) is 1.12. The number of thiophene rings is 1. The molecule has 2 aromatic heterocycles. The van der Waals surface area contributed by atoms with E-state index in [0.717, 1.165) is 25.2 Å². The molecule has 2 rings (SSSR count). The van der Waals surface area contributed by atoms with E-state index in [0.29, 0.717) is 0 Å². The van der Waals surface area contributed by atoms with E-state index in [1.54, 1.807) is 6.20 Å². The molecule has 0 unspecified atom stereocenters. The van der Waals surface area contributed by atoms with E-state index in [-0.39, 0.29) is 0 Å². The molecule has 0 radical (unpaired) electrons. The van der Waals surface area contributed by atoms with E-state index in [1.165, 1.54) is 11.3 Å². The third-order valence-corrected chi connectivity index (χ3v) is 3.85. The van der Waals surface area contributed by atoms with E-state index in [9.17, 15) is 0 Å². The lowest BCUT2D eigenvalue weighted by molar-refractivity contribution is 1.26. The summed E-state index contributed by atoms with van der Waals surface area (Å²) in [7, 11) is 0. The van der Waals surface area contributed by atoms with Gasteiger partial charge in [-0.2, -0.15) is 0 Å². The monoisotopic (exact) mass is 302 g/mol. The van der Waals surface area contributed by atoms with Gasteiger partial charge in [0.25, 0.3) is 0 Å². The van der Waals surface area contributed by atoms with Crippen LogP contribution in [0.3, 0.4) is 0 Å². The van der Waals surface area contributed by atoms with Crippen LogP contribution >= 0.6 is 38.9 Å². The summed E-state index contributed by atoms with van der Waals surface area (Å²) in [5, 5.41) is 4.19. The van der Waals surface area contributed by atoms with Crippen molar-refractivity contribution in [3.8, 4) is 0 Å². The summed E-state index contributed by atoms with van der Waals surface area (Å²) in [4.78, 5) is 4.25. The lowest BCUT2D eigenvalue weighted by Crippen LogP contribution is -1.91. The Bertz CT molecular complexity index is 484. The molecule has 0 aromatic carbocycles. The Morgan fingerprint density at radius 3 is 2.87 bits per heavy atom. The second-order valence-corrected chi connectivity index (χ2v) is 5.62. The number of hydrogen-bond donors (Lipinski definition) is 1. The normalized spacial score (nSPS) is 10.3. The van der Waals surface area contributed by atoms with Crippen LogP contribution in [0.25, 0.3) is 0 Å². The first kappa shape index (κ1) is 10.9. The van der Waals surface area contributed by atoms with Crippen molar-refractivity contribution in [1.29, 1.82) is 0 Å². The van der Waals surface area contributed by atoms with Gasteiger partial charge in [0, 0.05) is 10.7 Å². The van der Waals surface area contributed by atoms with Gasteiger partial charge in [-0.15, -0.1) is 11.3 Å². The number of halogens is 2. The molecule has 0 bridgehead atoms. The van der Waals surface area contributed by atoms with Crippen LogP contribution in [0.2, 0.25) is 4.34 Å². The van der Waals surface area contributed by atoms with Crippen molar-refractivity contribution in [3.63, 3.8) is 0 Å². The van der Waals surface area contributed by atoms with Crippen LogP contribution < -0.4 is 5.32 Å². The first-order valence-electron chi connectivity index (χ1n) is 4.29. The fourth-order valence-corrected chi connectivity index (χ4v) is 2.28. The minimum atomic E-state index is 0.770. The summed E-state index contributed by atoms with van der Waals surface area (Å²) < 4.78 is 1.78. The van der Waals surface area contributed by atoms with E-state index in [4.69, 9.17) is 11.6 Å². The number of hydrogen-bond acceptors (Lipinski definition) is 3. The van der Waals surface area contributed by atoms with Gasteiger partial charge in [0.2, 0.25) is 0 Å². The third kappa shape index (κ3) is 2.71. The highest BCUT2D eigenvalue weighted by Gasteiger charge is 2.01. The molecule has 15 heavy (non-hydrogen) atoms. The van der Waals surface area contributed by atoms with E-state index >= 15 is 0 Å². The Balaban J connectivity index is 2.21. The highest BCUT2D eigenvalue weighted by atomic mass is 79.9. The largest absolute Gasteiger partial charge is 0.332 e. The SMILES string of the molecule is Cc1cc(Nc2ccc(Cl)s2)ncc1Br. The molecule has 0 saturated carbocycles. The maximum atomic E-state index is 5.83. The van der Waals surface area contributed by atoms with Crippen molar-refractivity contribution in [1.82, 2.24) is 4.98 Å². The maximum absolute atomic E-state index is 5.83. The number of aromatic nitrogens is 1. The fraction of sp³-hybridized carbons (Fsp3) is 0.100. The molecule has 5 heteroatoms. The zero-order valence-electron chi connectivity index (χ0n) is 7.92. The van der Waals surface area contributed by atoms with Crippen LogP contribution in [-0.2, 0) is 0 Å². The van der Waals surface area contributed by atoms with Crippen LogP contribution in [0.15, 0.2) is 28.9 Å². The van der Waals surface area contributed by atoms with Gasteiger partial charge < -0.3 is 5.32 Å². The summed E-state index contributed by atoms with van der Waals surface area (Å²) in [6.07, 6.45) is 1.78. The molecule has 78 valence electrons. The third-order valence-electron chi connectivity index (χ3n) is 1.87. The molecule has 2 nitrogen and oxygen atoms in total. The van der Waals surface area contributed by atoms with Crippen LogP contribution in [0, 0.1) is 6.92 Å². The highest BCUT2D eigenvalue weighted by Crippen LogP contribution is 2.29. The second kappa shape index (κ2) is 4.51. The van der Waals surface area contributed by atoms with Gasteiger partial charge in [-0.05, 0) is 46.6 Å². The number of rotatable bonds is 2. The average molecular weight is 304 g/mol. The summed E-state index contributed by atoms with van der Waals surface area (Å²) >= 11 is 10.7.